The number of nitriles is 1. The normalized spacial score (nSPS) is 10.6. The Morgan fingerprint density at radius 3 is 2.67 bits per heavy atom. The molecule has 11 heteroatoms. The smallest absolute Gasteiger partial charge is 0.411 e. The monoisotopic (exact) mass is 572 g/mol. The molecule has 2 amide bonds. The van der Waals surface area contributed by atoms with Crippen LogP contribution in [0.15, 0.2) is 41.1 Å². The number of benzene rings is 1. The number of nitrogens with one attached hydrogen (secondary N) is 1. The van der Waals surface area contributed by atoms with Crippen molar-refractivity contribution >= 4 is 50.9 Å². The number of halogens is 2. The van der Waals surface area contributed by atoms with E-state index in [1.807, 2.05) is 0 Å². The molecule has 0 spiro atoms. The maximum atomic E-state index is 13.4. The second-order valence-corrected chi connectivity index (χ2v) is 9.39. The maximum Gasteiger partial charge on any atom is 0.411 e. The average molecular weight is 574 g/mol. The van der Waals surface area contributed by atoms with Crippen LogP contribution in [-0.2, 0) is 0 Å². The van der Waals surface area contributed by atoms with Crippen LogP contribution in [0.3, 0.4) is 0 Å². The summed E-state index contributed by atoms with van der Waals surface area (Å²) in [4.78, 5) is 31.0. The number of amides is 2. The van der Waals surface area contributed by atoms with Gasteiger partial charge >= 0.3 is 6.09 Å². The van der Waals surface area contributed by atoms with E-state index in [0.717, 1.165) is 25.7 Å². The molecule has 2 heterocycles. The number of carbonyl (C=O) groups is 2. The summed E-state index contributed by atoms with van der Waals surface area (Å²) in [5.41, 5.74) is 1.52. The van der Waals surface area contributed by atoms with Crippen molar-refractivity contribution in [3.63, 3.8) is 0 Å². The van der Waals surface area contributed by atoms with E-state index < -0.39 is 12.0 Å². The van der Waals surface area contributed by atoms with Gasteiger partial charge in [0.2, 0.25) is 0 Å². The number of hydrogen-bond acceptors (Lipinski definition) is 5. The Morgan fingerprint density at radius 1 is 1.25 bits per heavy atom. The van der Waals surface area contributed by atoms with Gasteiger partial charge in [-0.25, -0.2) is 14.5 Å². The molecular weight excluding hydrogens is 548 g/mol. The molecule has 0 aliphatic rings. The van der Waals surface area contributed by atoms with Crippen LogP contribution in [0.25, 0.3) is 5.82 Å². The summed E-state index contributed by atoms with van der Waals surface area (Å²) in [5.74, 6) is -0.275. The minimum absolute atomic E-state index is 0.138. The van der Waals surface area contributed by atoms with E-state index in [-0.39, 0.29) is 23.7 Å². The molecule has 0 radical (unpaired) electrons. The summed E-state index contributed by atoms with van der Waals surface area (Å²) in [6, 6.07) is 9.96. The van der Waals surface area contributed by atoms with Gasteiger partial charge in [-0.05, 0) is 59.1 Å². The molecular formula is C25H26BrClN6O3. The van der Waals surface area contributed by atoms with Crippen molar-refractivity contribution in [1.82, 2.24) is 14.8 Å². The third-order valence-electron chi connectivity index (χ3n) is 5.54. The summed E-state index contributed by atoms with van der Waals surface area (Å²) in [5, 5.41) is 26.9. The van der Waals surface area contributed by atoms with Crippen molar-refractivity contribution in [3.8, 4) is 11.9 Å². The molecule has 0 aliphatic carbocycles. The van der Waals surface area contributed by atoms with Crippen LogP contribution in [0.1, 0.15) is 60.6 Å². The van der Waals surface area contributed by atoms with Crippen LogP contribution < -0.4 is 10.2 Å². The molecule has 0 saturated carbocycles. The Hall–Kier alpha value is -3.42. The molecule has 0 atom stereocenters. The first-order chi connectivity index (χ1) is 17.3. The quantitative estimate of drug-likeness (QED) is 0.264. The molecule has 0 saturated heterocycles. The summed E-state index contributed by atoms with van der Waals surface area (Å²) in [7, 11) is 0. The number of anilines is 2. The Labute approximate surface area is 222 Å². The van der Waals surface area contributed by atoms with Crippen LogP contribution in [0.2, 0.25) is 5.02 Å². The lowest BCUT2D eigenvalue weighted by Gasteiger charge is -2.24. The SMILES string of the molecule is CCCCCCCN(C(=O)O)c1cc(C#N)cc(C)c1NC(=O)c1cc(Br)nn1-c1ncccc1Cl. The summed E-state index contributed by atoms with van der Waals surface area (Å²) in [6.45, 7) is 4.06. The van der Waals surface area contributed by atoms with Crippen molar-refractivity contribution in [2.75, 3.05) is 16.8 Å². The molecule has 1 aromatic carbocycles. The lowest BCUT2D eigenvalue weighted by Crippen LogP contribution is -2.32. The molecule has 0 aliphatic heterocycles. The highest BCUT2D eigenvalue weighted by atomic mass is 79.9. The van der Waals surface area contributed by atoms with Gasteiger partial charge < -0.3 is 10.4 Å². The molecule has 36 heavy (non-hydrogen) atoms. The zero-order valence-electron chi connectivity index (χ0n) is 20.0. The van der Waals surface area contributed by atoms with Gasteiger partial charge in [-0.3, -0.25) is 9.69 Å². The molecule has 3 aromatic rings. The van der Waals surface area contributed by atoms with Crippen molar-refractivity contribution < 1.29 is 14.7 Å². The highest BCUT2D eigenvalue weighted by Gasteiger charge is 2.24. The van der Waals surface area contributed by atoms with Crippen molar-refractivity contribution in [2.45, 2.75) is 46.0 Å². The fraction of sp³-hybridized carbons (Fsp3) is 0.320. The number of unbranched alkanes of at least 4 members (excludes halogenated alkanes) is 4. The average Bonchev–Trinajstić information content (AvgIpc) is 3.24. The number of pyridine rings is 1. The van der Waals surface area contributed by atoms with Crippen molar-refractivity contribution in [1.29, 1.82) is 5.26 Å². The van der Waals surface area contributed by atoms with Crippen LogP contribution in [0.4, 0.5) is 16.2 Å². The van der Waals surface area contributed by atoms with Gasteiger partial charge in [0.05, 0.1) is 28.0 Å². The third kappa shape index (κ3) is 6.42. The summed E-state index contributed by atoms with van der Waals surface area (Å²) >= 11 is 9.56. The van der Waals surface area contributed by atoms with E-state index in [1.54, 1.807) is 25.1 Å². The molecule has 188 valence electrons. The molecule has 2 aromatic heterocycles. The van der Waals surface area contributed by atoms with Crippen LogP contribution in [0, 0.1) is 18.3 Å². The second kappa shape index (κ2) is 12.5. The fourth-order valence-electron chi connectivity index (χ4n) is 3.79. The van der Waals surface area contributed by atoms with Gasteiger partial charge in [0.1, 0.15) is 10.3 Å². The van der Waals surface area contributed by atoms with Gasteiger partial charge in [-0.1, -0.05) is 44.2 Å². The minimum Gasteiger partial charge on any atom is -0.465 e. The second-order valence-electron chi connectivity index (χ2n) is 8.17. The Bertz CT molecular complexity index is 1300. The lowest BCUT2D eigenvalue weighted by atomic mass is 10.1. The predicted molar refractivity (Wildman–Crippen MR) is 142 cm³/mol. The Kier molecular flexibility index (Phi) is 9.44. The number of rotatable bonds is 10. The summed E-state index contributed by atoms with van der Waals surface area (Å²) < 4.78 is 1.70. The Morgan fingerprint density at radius 2 is 2.00 bits per heavy atom. The van der Waals surface area contributed by atoms with E-state index in [9.17, 15) is 20.0 Å². The van der Waals surface area contributed by atoms with E-state index in [0.29, 0.717) is 32.9 Å². The topological polar surface area (TPSA) is 124 Å². The van der Waals surface area contributed by atoms with E-state index in [4.69, 9.17) is 11.6 Å². The van der Waals surface area contributed by atoms with E-state index in [1.165, 1.54) is 27.9 Å². The van der Waals surface area contributed by atoms with Crippen molar-refractivity contribution in [3.05, 3.63) is 63.0 Å². The van der Waals surface area contributed by atoms with Crippen LogP contribution in [0.5, 0.6) is 0 Å². The number of hydrogen-bond donors (Lipinski definition) is 2. The van der Waals surface area contributed by atoms with Crippen LogP contribution >= 0.6 is 27.5 Å². The zero-order chi connectivity index (χ0) is 26.2. The highest BCUT2D eigenvalue weighted by molar-refractivity contribution is 9.10. The number of carbonyl (C=O) groups excluding carboxylic acids is 1. The first-order valence-electron chi connectivity index (χ1n) is 11.5. The standard InChI is InChI=1S/C25H26BrClN6O3/c1-3-4-5-6-7-11-32(25(35)36)19-13-17(15-28)12-16(2)22(19)30-24(34)20-14-21(26)31-33(20)23-18(27)9-8-10-29-23/h8-10,12-14H,3-7,11H2,1-2H3,(H,30,34)(H,35,36). The van der Waals surface area contributed by atoms with Gasteiger partial charge in [-0.2, -0.15) is 10.4 Å². The van der Waals surface area contributed by atoms with E-state index in [2.05, 4.69) is 44.3 Å². The first-order valence-corrected chi connectivity index (χ1v) is 12.7. The van der Waals surface area contributed by atoms with Gasteiger partial charge in [0.15, 0.2) is 5.82 Å². The third-order valence-corrected chi connectivity index (χ3v) is 6.22. The maximum absolute atomic E-state index is 13.4. The summed E-state index contributed by atoms with van der Waals surface area (Å²) in [6.07, 6.45) is 5.09. The predicted octanol–water partition coefficient (Wildman–Crippen LogP) is 6.57. The van der Waals surface area contributed by atoms with Gasteiger partial charge in [0, 0.05) is 18.8 Å². The highest BCUT2D eigenvalue weighted by Crippen LogP contribution is 2.33. The van der Waals surface area contributed by atoms with Crippen molar-refractivity contribution in [2.24, 2.45) is 0 Å². The fourth-order valence-corrected chi connectivity index (χ4v) is 4.36. The number of carboxylic acid groups (broad SMARTS) is 1. The number of aromatic nitrogens is 3. The minimum atomic E-state index is -1.16. The molecule has 2 N–H and O–H groups in total. The molecule has 9 nitrogen and oxygen atoms in total. The molecule has 0 unspecified atom stereocenters. The lowest BCUT2D eigenvalue weighted by molar-refractivity contribution is 0.101. The molecule has 3 rings (SSSR count). The number of nitrogens with zero attached hydrogens (tertiary/aromatic N) is 5. The zero-order valence-corrected chi connectivity index (χ0v) is 22.3. The number of aryl methyl sites for hydroxylation is 1. The molecule has 0 fully saturated rings. The van der Waals surface area contributed by atoms with Gasteiger partial charge in [-0.15, -0.1) is 0 Å². The molecule has 0 bridgehead atoms. The van der Waals surface area contributed by atoms with Crippen LogP contribution in [-0.4, -0.2) is 38.4 Å². The van der Waals surface area contributed by atoms with Gasteiger partial charge in [0.25, 0.3) is 5.91 Å². The van der Waals surface area contributed by atoms with E-state index >= 15 is 0 Å². The Balaban J connectivity index is 1.98. The first kappa shape index (κ1) is 27.2. The largest absolute Gasteiger partial charge is 0.465 e.